The number of aliphatic carboxylic acids is 1. The van der Waals surface area contributed by atoms with E-state index in [0.29, 0.717) is 12.8 Å². The molecular formula is C9H13NO2. The maximum Gasteiger partial charge on any atom is 0.330 e. The van der Waals surface area contributed by atoms with E-state index in [-0.39, 0.29) is 5.57 Å². The maximum absolute atomic E-state index is 10.3. The van der Waals surface area contributed by atoms with Crippen LogP contribution in [-0.4, -0.2) is 11.1 Å². The lowest BCUT2D eigenvalue weighted by Gasteiger charge is -1.98. The summed E-state index contributed by atoms with van der Waals surface area (Å²) in [5.74, 6) is -0.921. The molecular weight excluding hydrogens is 154 g/mol. The molecule has 66 valence electrons. The van der Waals surface area contributed by atoms with Crippen LogP contribution in [0.5, 0.6) is 0 Å². The van der Waals surface area contributed by atoms with E-state index >= 15 is 0 Å². The average Bonchev–Trinajstić information content (AvgIpc) is 2.03. The summed E-state index contributed by atoms with van der Waals surface area (Å²) in [5, 5.41) is 16.6. The van der Waals surface area contributed by atoms with Gasteiger partial charge in [0.1, 0.15) is 0 Å². The lowest BCUT2D eigenvalue weighted by atomic mass is 10.1. The molecule has 0 aromatic heterocycles. The third-order valence-electron chi connectivity index (χ3n) is 1.57. The molecule has 12 heavy (non-hydrogen) atoms. The van der Waals surface area contributed by atoms with Crippen LogP contribution in [0.15, 0.2) is 12.2 Å². The van der Waals surface area contributed by atoms with Gasteiger partial charge in [-0.2, -0.15) is 5.26 Å². The summed E-state index contributed by atoms with van der Waals surface area (Å²) < 4.78 is 0. The number of nitrogens with zero attached hydrogens (tertiary/aromatic N) is 1. The zero-order chi connectivity index (χ0) is 9.40. The molecule has 1 N–H and O–H groups in total. The number of hydrogen-bond donors (Lipinski definition) is 1. The van der Waals surface area contributed by atoms with E-state index in [1.807, 2.05) is 6.07 Å². The van der Waals surface area contributed by atoms with Crippen LogP contribution in [0.3, 0.4) is 0 Å². The van der Waals surface area contributed by atoms with Crippen LogP contribution in [0.1, 0.15) is 32.1 Å². The summed E-state index contributed by atoms with van der Waals surface area (Å²) in [5.41, 5.74) is 0.256. The molecule has 0 saturated carbocycles. The van der Waals surface area contributed by atoms with Crippen molar-refractivity contribution in [1.29, 1.82) is 5.26 Å². The van der Waals surface area contributed by atoms with Crippen LogP contribution >= 0.6 is 0 Å². The van der Waals surface area contributed by atoms with Crippen molar-refractivity contribution in [3.63, 3.8) is 0 Å². The molecule has 0 amide bonds. The Hall–Kier alpha value is -1.30. The highest BCUT2D eigenvalue weighted by Gasteiger charge is 2.01. The van der Waals surface area contributed by atoms with Crippen molar-refractivity contribution in [2.75, 3.05) is 0 Å². The second kappa shape index (κ2) is 6.41. The molecule has 0 aromatic rings. The van der Waals surface area contributed by atoms with Crippen molar-refractivity contribution in [1.82, 2.24) is 0 Å². The summed E-state index contributed by atoms with van der Waals surface area (Å²) in [6.07, 6.45) is 3.65. The molecule has 0 saturated heterocycles. The van der Waals surface area contributed by atoms with Gasteiger partial charge in [-0.3, -0.25) is 0 Å². The molecule has 3 nitrogen and oxygen atoms in total. The van der Waals surface area contributed by atoms with Crippen molar-refractivity contribution in [2.45, 2.75) is 32.1 Å². The van der Waals surface area contributed by atoms with Crippen molar-refractivity contribution < 1.29 is 9.90 Å². The van der Waals surface area contributed by atoms with E-state index in [1.165, 1.54) is 0 Å². The molecule has 0 aliphatic carbocycles. The first-order chi connectivity index (χ1) is 5.68. The predicted octanol–water partition coefficient (Wildman–Crippen LogP) is 2.10. The fourth-order valence-electron chi connectivity index (χ4n) is 0.826. The molecule has 3 heteroatoms. The van der Waals surface area contributed by atoms with Crippen LogP contribution in [0.25, 0.3) is 0 Å². The van der Waals surface area contributed by atoms with Gasteiger partial charge in [0.2, 0.25) is 0 Å². The van der Waals surface area contributed by atoms with Crippen molar-refractivity contribution in [2.24, 2.45) is 0 Å². The number of carboxylic acids is 1. The summed E-state index contributed by atoms with van der Waals surface area (Å²) in [4.78, 5) is 10.3. The molecule has 0 radical (unpaired) electrons. The molecule has 0 rings (SSSR count). The lowest BCUT2D eigenvalue weighted by molar-refractivity contribution is -0.132. The standard InChI is InChI=1S/C9H13NO2/c1-8(9(11)12)6-4-2-3-5-7-10/h1-6H2,(H,11,12). The topological polar surface area (TPSA) is 61.1 Å². The summed E-state index contributed by atoms with van der Waals surface area (Å²) in [6, 6.07) is 2.04. The van der Waals surface area contributed by atoms with Crippen LogP contribution < -0.4 is 0 Å². The lowest BCUT2D eigenvalue weighted by Crippen LogP contribution is -1.98. The van der Waals surface area contributed by atoms with Gasteiger partial charge in [-0.15, -0.1) is 0 Å². The normalized spacial score (nSPS) is 8.92. The van der Waals surface area contributed by atoms with E-state index < -0.39 is 5.97 Å². The monoisotopic (exact) mass is 167 g/mol. The average molecular weight is 167 g/mol. The molecule has 0 heterocycles. The van der Waals surface area contributed by atoms with Crippen LogP contribution in [0.2, 0.25) is 0 Å². The Kier molecular flexibility index (Phi) is 5.72. The van der Waals surface area contributed by atoms with Gasteiger partial charge in [0, 0.05) is 12.0 Å². The van der Waals surface area contributed by atoms with E-state index in [2.05, 4.69) is 6.58 Å². The first kappa shape index (κ1) is 10.7. The molecule has 0 aliphatic heterocycles. The Balaban J connectivity index is 3.27. The highest BCUT2D eigenvalue weighted by Crippen LogP contribution is 2.08. The van der Waals surface area contributed by atoms with Gasteiger partial charge in [0.15, 0.2) is 0 Å². The van der Waals surface area contributed by atoms with Gasteiger partial charge in [-0.1, -0.05) is 13.0 Å². The van der Waals surface area contributed by atoms with Gasteiger partial charge in [0.05, 0.1) is 6.07 Å². The summed E-state index contributed by atoms with van der Waals surface area (Å²) >= 11 is 0. The van der Waals surface area contributed by atoms with Gasteiger partial charge in [-0.25, -0.2) is 4.79 Å². The quantitative estimate of drug-likeness (QED) is 0.486. The molecule has 0 fully saturated rings. The second-order valence-corrected chi connectivity index (χ2v) is 2.63. The van der Waals surface area contributed by atoms with E-state index in [0.717, 1.165) is 19.3 Å². The number of rotatable bonds is 6. The minimum absolute atomic E-state index is 0.256. The third-order valence-corrected chi connectivity index (χ3v) is 1.57. The molecule has 0 bridgehead atoms. The number of hydrogen-bond acceptors (Lipinski definition) is 2. The first-order valence-corrected chi connectivity index (χ1v) is 3.96. The second-order valence-electron chi connectivity index (χ2n) is 2.63. The van der Waals surface area contributed by atoms with Gasteiger partial charge in [-0.05, 0) is 19.3 Å². The minimum Gasteiger partial charge on any atom is -0.478 e. The first-order valence-electron chi connectivity index (χ1n) is 3.96. The highest BCUT2D eigenvalue weighted by molar-refractivity contribution is 5.85. The number of carboxylic acid groups (broad SMARTS) is 1. The van der Waals surface area contributed by atoms with Gasteiger partial charge < -0.3 is 5.11 Å². The Morgan fingerprint density at radius 2 is 2.08 bits per heavy atom. The van der Waals surface area contributed by atoms with Crippen LogP contribution in [-0.2, 0) is 4.79 Å². The zero-order valence-corrected chi connectivity index (χ0v) is 7.05. The Bertz CT molecular complexity index is 203. The van der Waals surface area contributed by atoms with Gasteiger partial charge in [0.25, 0.3) is 0 Å². The Morgan fingerprint density at radius 3 is 2.58 bits per heavy atom. The van der Waals surface area contributed by atoms with Crippen LogP contribution in [0.4, 0.5) is 0 Å². The van der Waals surface area contributed by atoms with Gasteiger partial charge >= 0.3 is 5.97 Å². The Morgan fingerprint density at radius 1 is 1.42 bits per heavy atom. The zero-order valence-electron chi connectivity index (χ0n) is 7.05. The largest absolute Gasteiger partial charge is 0.478 e. The minimum atomic E-state index is -0.921. The number of carbonyl (C=O) groups is 1. The van der Waals surface area contributed by atoms with Crippen molar-refractivity contribution >= 4 is 5.97 Å². The SMILES string of the molecule is C=C(CCCCCC#N)C(=O)O. The fraction of sp³-hybridized carbons (Fsp3) is 0.556. The maximum atomic E-state index is 10.3. The van der Waals surface area contributed by atoms with Crippen molar-refractivity contribution in [3.8, 4) is 6.07 Å². The molecule has 0 spiro atoms. The highest BCUT2D eigenvalue weighted by atomic mass is 16.4. The molecule has 0 atom stereocenters. The van der Waals surface area contributed by atoms with Crippen molar-refractivity contribution in [3.05, 3.63) is 12.2 Å². The molecule has 0 aromatic carbocycles. The summed E-state index contributed by atoms with van der Waals surface area (Å²) in [7, 11) is 0. The number of unbranched alkanes of at least 4 members (excludes halogenated alkanes) is 3. The number of nitriles is 1. The third kappa shape index (κ3) is 5.48. The van der Waals surface area contributed by atoms with E-state index in [4.69, 9.17) is 10.4 Å². The smallest absolute Gasteiger partial charge is 0.330 e. The predicted molar refractivity (Wildman–Crippen MR) is 45.5 cm³/mol. The van der Waals surface area contributed by atoms with E-state index in [1.54, 1.807) is 0 Å². The van der Waals surface area contributed by atoms with E-state index in [9.17, 15) is 4.79 Å². The van der Waals surface area contributed by atoms with Crippen LogP contribution in [0, 0.1) is 11.3 Å². The fourth-order valence-corrected chi connectivity index (χ4v) is 0.826. The molecule has 0 unspecified atom stereocenters. The molecule has 0 aliphatic rings. The Labute approximate surface area is 72.3 Å². The summed E-state index contributed by atoms with van der Waals surface area (Å²) in [6.45, 7) is 3.41.